The van der Waals surface area contributed by atoms with Gasteiger partial charge in [0.1, 0.15) is 17.5 Å². The van der Waals surface area contributed by atoms with Gasteiger partial charge in [-0.25, -0.2) is 4.98 Å². The van der Waals surface area contributed by atoms with Crippen molar-refractivity contribution < 1.29 is 0 Å². The zero-order valence-electron chi connectivity index (χ0n) is 12.4. The minimum Gasteiger partial charge on any atom is -0.382 e. The van der Waals surface area contributed by atoms with Crippen LogP contribution in [0.25, 0.3) is 22.2 Å². The van der Waals surface area contributed by atoms with E-state index in [2.05, 4.69) is 40.5 Å². The molecule has 0 atom stereocenters. The molecular weight excluding hydrogens is 276 g/mol. The van der Waals surface area contributed by atoms with E-state index >= 15 is 0 Å². The SMILES string of the molecule is CC(C)n1ccc2ccc(-c3nc(N)nc(N)c3C#N)cc21. The number of hydrogen-bond acceptors (Lipinski definition) is 5. The molecular formula is C16H16N6. The van der Waals surface area contributed by atoms with Crippen LogP contribution in [-0.2, 0) is 0 Å². The predicted octanol–water partition coefficient (Wildman–Crippen LogP) is 2.72. The molecule has 0 aliphatic rings. The fourth-order valence-corrected chi connectivity index (χ4v) is 2.56. The molecule has 2 aromatic heterocycles. The van der Waals surface area contributed by atoms with Gasteiger partial charge in [-0.2, -0.15) is 10.2 Å². The second kappa shape index (κ2) is 5.04. The number of hydrogen-bond donors (Lipinski definition) is 2. The molecule has 0 bridgehead atoms. The molecule has 2 heterocycles. The van der Waals surface area contributed by atoms with Crippen LogP contribution in [0, 0.1) is 11.3 Å². The summed E-state index contributed by atoms with van der Waals surface area (Å²) in [5, 5.41) is 10.4. The number of nitriles is 1. The second-order valence-electron chi connectivity index (χ2n) is 5.39. The molecule has 4 N–H and O–H groups in total. The van der Waals surface area contributed by atoms with Crippen LogP contribution in [0.1, 0.15) is 25.5 Å². The van der Waals surface area contributed by atoms with Crippen molar-refractivity contribution in [1.82, 2.24) is 14.5 Å². The minimum absolute atomic E-state index is 0.0610. The average molecular weight is 292 g/mol. The van der Waals surface area contributed by atoms with E-state index < -0.39 is 0 Å². The molecule has 0 saturated heterocycles. The largest absolute Gasteiger partial charge is 0.382 e. The third kappa shape index (κ3) is 2.13. The van der Waals surface area contributed by atoms with E-state index in [4.69, 9.17) is 11.5 Å². The average Bonchev–Trinajstić information content (AvgIpc) is 2.89. The van der Waals surface area contributed by atoms with E-state index in [0.717, 1.165) is 16.5 Å². The maximum atomic E-state index is 9.31. The third-order valence-corrected chi connectivity index (χ3v) is 3.62. The van der Waals surface area contributed by atoms with Crippen LogP contribution >= 0.6 is 0 Å². The first-order valence-electron chi connectivity index (χ1n) is 6.95. The van der Waals surface area contributed by atoms with Crippen molar-refractivity contribution in [3.63, 3.8) is 0 Å². The number of rotatable bonds is 2. The van der Waals surface area contributed by atoms with Crippen LogP contribution in [0.5, 0.6) is 0 Å². The highest BCUT2D eigenvalue weighted by Gasteiger charge is 2.14. The topological polar surface area (TPSA) is 107 Å². The highest BCUT2D eigenvalue weighted by Crippen LogP contribution is 2.29. The number of nitrogens with two attached hydrogens (primary N) is 2. The maximum Gasteiger partial charge on any atom is 0.222 e. The molecule has 6 heteroatoms. The quantitative estimate of drug-likeness (QED) is 0.755. The number of nitrogens with zero attached hydrogens (tertiary/aromatic N) is 4. The van der Waals surface area contributed by atoms with Crippen LogP contribution in [-0.4, -0.2) is 14.5 Å². The highest BCUT2D eigenvalue weighted by atomic mass is 15.0. The van der Waals surface area contributed by atoms with E-state index in [0.29, 0.717) is 11.7 Å². The molecule has 110 valence electrons. The second-order valence-corrected chi connectivity index (χ2v) is 5.39. The first-order valence-corrected chi connectivity index (χ1v) is 6.95. The summed E-state index contributed by atoms with van der Waals surface area (Å²) >= 11 is 0. The highest BCUT2D eigenvalue weighted by molar-refractivity contribution is 5.86. The Kier molecular flexibility index (Phi) is 3.18. The molecule has 0 unspecified atom stereocenters. The Hall–Kier alpha value is -3.07. The number of anilines is 2. The number of aromatic nitrogens is 3. The molecule has 0 aliphatic carbocycles. The zero-order valence-corrected chi connectivity index (χ0v) is 12.4. The minimum atomic E-state index is 0.0610. The summed E-state index contributed by atoms with van der Waals surface area (Å²) in [6.07, 6.45) is 2.05. The van der Waals surface area contributed by atoms with Gasteiger partial charge >= 0.3 is 0 Å². The van der Waals surface area contributed by atoms with Crippen LogP contribution in [0.4, 0.5) is 11.8 Å². The summed E-state index contributed by atoms with van der Waals surface area (Å²) in [5.74, 6) is 0.162. The molecule has 0 saturated carbocycles. The Bertz CT molecular complexity index is 901. The van der Waals surface area contributed by atoms with Gasteiger partial charge in [0.25, 0.3) is 0 Å². The van der Waals surface area contributed by atoms with Crippen molar-refractivity contribution >= 4 is 22.7 Å². The summed E-state index contributed by atoms with van der Waals surface area (Å²) in [6, 6.07) is 10.4. The summed E-state index contributed by atoms with van der Waals surface area (Å²) in [7, 11) is 0. The van der Waals surface area contributed by atoms with E-state index in [1.54, 1.807) is 0 Å². The lowest BCUT2D eigenvalue weighted by Gasteiger charge is -2.11. The van der Waals surface area contributed by atoms with Gasteiger partial charge in [0, 0.05) is 23.3 Å². The Morgan fingerprint density at radius 2 is 1.95 bits per heavy atom. The summed E-state index contributed by atoms with van der Waals surface area (Å²) < 4.78 is 2.17. The molecule has 0 spiro atoms. The van der Waals surface area contributed by atoms with Crippen LogP contribution < -0.4 is 11.5 Å². The molecule has 0 fully saturated rings. The standard InChI is InChI=1S/C16H16N6/c1-9(2)22-6-5-10-3-4-11(7-13(10)22)14-12(8-17)15(18)21-16(19)20-14/h3-7,9H,1-2H3,(H4,18,19,20,21). The fourth-order valence-electron chi connectivity index (χ4n) is 2.56. The normalized spacial score (nSPS) is 11.0. The van der Waals surface area contributed by atoms with Gasteiger partial charge in [-0.15, -0.1) is 0 Å². The maximum absolute atomic E-state index is 9.31. The Labute approximate surface area is 128 Å². The van der Waals surface area contributed by atoms with Crippen LogP contribution in [0.3, 0.4) is 0 Å². The van der Waals surface area contributed by atoms with Crippen molar-refractivity contribution in [2.45, 2.75) is 19.9 Å². The predicted molar refractivity (Wildman–Crippen MR) is 86.9 cm³/mol. The Morgan fingerprint density at radius 1 is 1.18 bits per heavy atom. The van der Waals surface area contributed by atoms with E-state index in [1.807, 2.05) is 24.4 Å². The van der Waals surface area contributed by atoms with Crippen molar-refractivity contribution in [1.29, 1.82) is 5.26 Å². The Balaban J connectivity index is 2.27. The lowest BCUT2D eigenvalue weighted by Crippen LogP contribution is -2.05. The first-order chi connectivity index (χ1) is 10.5. The van der Waals surface area contributed by atoms with Gasteiger partial charge in [0.05, 0.1) is 5.69 Å². The molecule has 6 nitrogen and oxygen atoms in total. The van der Waals surface area contributed by atoms with Crippen molar-refractivity contribution in [2.24, 2.45) is 0 Å². The lowest BCUT2D eigenvalue weighted by atomic mass is 10.1. The van der Waals surface area contributed by atoms with E-state index in [9.17, 15) is 5.26 Å². The number of nitrogen functional groups attached to an aromatic ring is 2. The van der Waals surface area contributed by atoms with Crippen molar-refractivity contribution in [3.8, 4) is 17.3 Å². The van der Waals surface area contributed by atoms with Gasteiger partial charge in [-0.1, -0.05) is 12.1 Å². The molecule has 22 heavy (non-hydrogen) atoms. The lowest BCUT2D eigenvalue weighted by molar-refractivity contribution is 0.623. The first kappa shape index (κ1) is 13.9. The molecule has 0 radical (unpaired) electrons. The molecule has 3 rings (SSSR count). The van der Waals surface area contributed by atoms with E-state index in [1.165, 1.54) is 0 Å². The van der Waals surface area contributed by atoms with Crippen LogP contribution in [0.2, 0.25) is 0 Å². The van der Waals surface area contributed by atoms with Gasteiger partial charge in [-0.3, -0.25) is 0 Å². The number of fused-ring (bicyclic) bond motifs is 1. The van der Waals surface area contributed by atoms with Gasteiger partial charge in [0.15, 0.2) is 0 Å². The summed E-state index contributed by atoms with van der Waals surface area (Å²) in [5.41, 5.74) is 14.0. The van der Waals surface area contributed by atoms with Crippen LogP contribution in [0.15, 0.2) is 30.5 Å². The number of benzene rings is 1. The summed E-state index contributed by atoms with van der Waals surface area (Å²) in [6.45, 7) is 4.24. The molecule has 3 aromatic rings. The van der Waals surface area contributed by atoms with E-state index in [-0.39, 0.29) is 17.3 Å². The van der Waals surface area contributed by atoms with Gasteiger partial charge in [-0.05, 0) is 31.4 Å². The molecule has 0 amide bonds. The fraction of sp³-hybridized carbons (Fsp3) is 0.188. The molecule has 0 aliphatic heterocycles. The summed E-state index contributed by atoms with van der Waals surface area (Å²) in [4.78, 5) is 8.04. The monoisotopic (exact) mass is 292 g/mol. The van der Waals surface area contributed by atoms with Crippen molar-refractivity contribution in [3.05, 3.63) is 36.0 Å². The molecule has 1 aromatic carbocycles. The third-order valence-electron chi connectivity index (χ3n) is 3.62. The van der Waals surface area contributed by atoms with Gasteiger partial charge in [0.2, 0.25) is 5.95 Å². The van der Waals surface area contributed by atoms with Crippen molar-refractivity contribution in [2.75, 3.05) is 11.5 Å². The Morgan fingerprint density at radius 3 is 2.64 bits per heavy atom. The smallest absolute Gasteiger partial charge is 0.222 e. The zero-order chi connectivity index (χ0) is 15.9. The van der Waals surface area contributed by atoms with Gasteiger partial charge < -0.3 is 16.0 Å².